The molecule has 0 atom stereocenters. The molecule has 1 aromatic carbocycles. The van der Waals surface area contributed by atoms with E-state index in [0.29, 0.717) is 29.0 Å². The van der Waals surface area contributed by atoms with Gasteiger partial charge in [0, 0.05) is 61.5 Å². The van der Waals surface area contributed by atoms with Crippen LogP contribution in [0.4, 0.5) is 17.5 Å². The van der Waals surface area contributed by atoms with Crippen LogP contribution in [0.2, 0.25) is 5.02 Å². The van der Waals surface area contributed by atoms with Crippen LogP contribution < -0.4 is 15.0 Å². The molecule has 1 saturated heterocycles. The Bertz CT molecular complexity index is 1370. The lowest BCUT2D eigenvalue weighted by Gasteiger charge is -2.35. The highest BCUT2D eigenvalue weighted by atomic mass is 35.5. The van der Waals surface area contributed by atoms with E-state index in [1.807, 2.05) is 56.3 Å². The minimum absolute atomic E-state index is 0.157. The number of aryl methyl sites for hydroxylation is 1. The number of β-amino-alcohol motifs (C(OH)–C–C–N with tert-alkyl or cyclic N) is 1. The van der Waals surface area contributed by atoms with Crippen molar-refractivity contribution in [3.63, 3.8) is 0 Å². The maximum absolute atomic E-state index is 9.25. The highest BCUT2D eigenvalue weighted by molar-refractivity contribution is 6.37. The zero-order valence-corrected chi connectivity index (χ0v) is 21.0. The summed E-state index contributed by atoms with van der Waals surface area (Å²) in [6.07, 6.45) is 3.87. The van der Waals surface area contributed by atoms with Crippen LogP contribution in [0.5, 0.6) is 11.8 Å². The van der Waals surface area contributed by atoms with Crippen LogP contribution in [0.25, 0.3) is 17.0 Å². The van der Waals surface area contributed by atoms with Crippen LogP contribution in [0.1, 0.15) is 18.3 Å². The number of aliphatic hydroxyl groups excluding tert-OH is 1. The van der Waals surface area contributed by atoms with E-state index in [2.05, 4.69) is 35.3 Å². The predicted molar refractivity (Wildman–Crippen MR) is 142 cm³/mol. The minimum atomic E-state index is 0.157. The van der Waals surface area contributed by atoms with Crippen molar-refractivity contribution >= 4 is 46.0 Å². The summed E-state index contributed by atoms with van der Waals surface area (Å²) in [6, 6.07) is 9.70. The molecule has 10 nitrogen and oxygen atoms in total. The molecule has 36 heavy (non-hydrogen) atoms. The SMILES string of the molecule is C/C=C\c1cc(Nc2cc(N3CCN(CCO)CC3)nc(Oc3ccc4[nH]c(C)cc4c3Cl)n2)n[nH]1. The number of H-pyrrole nitrogens is 2. The predicted octanol–water partition coefficient (Wildman–Crippen LogP) is 4.33. The molecule has 4 aromatic rings. The zero-order valence-electron chi connectivity index (χ0n) is 20.3. The molecule has 1 fully saturated rings. The first kappa shape index (κ1) is 24.1. The van der Waals surface area contributed by atoms with Gasteiger partial charge in [-0.3, -0.25) is 10.00 Å². The number of benzene rings is 1. The summed E-state index contributed by atoms with van der Waals surface area (Å²) >= 11 is 6.67. The summed E-state index contributed by atoms with van der Waals surface area (Å²) < 4.78 is 6.12. The van der Waals surface area contributed by atoms with Gasteiger partial charge in [-0.05, 0) is 38.1 Å². The van der Waals surface area contributed by atoms with E-state index in [0.717, 1.165) is 54.3 Å². The third kappa shape index (κ3) is 5.30. The number of fused-ring (bicyclic) bond motifs is 1. The molecule has 1 aliphatic rings. The van der Waals surface area contributed by atoms with E-state index in [4.69, 9.17) is 21.3 Å². The van der Waals surface area contributed by atoms with Crippen LogP contribution in [-0.2, 0) is 0 Å². The summed E-state index contributed by atoms with van der Waals surface area (Å²) in [7, 11) is 0. The number of hydrogen-bond acceptors (Lipinski definition) is 8. The second kappa shape index (κ2) is 10.6. The fourth-order valence-corrected chi connectivity index (χ4v) is 4.55. The van der Waals surface area contributed by atoms with Crippen molar-refractivity contribution < 1.29 is 9.84 Å². The molecule has 0 spiro atoms. The zero-order chi connectivity index (χ0) is 25.1. The molecule has 0 bridgehead atoms. The van der Waals surface area contributed by atoms with Crippen molar-refractivity contribution in [2.24, 2.45) is 0 Å². The van der Waals surface area contributed by atoms with Gasteiger partial charge in [-0.15, -0.1) is 0 Å². The second-order valence-corrected chi connectivity index (χ2v) is 9.05. The van der Waals surface area contributed by atoms with Crippen LogP contribution in [0.3, 0.4) is 0 Å². The van der Waals surface area contributed by atoms with E-state index in [1.54, 1.807) is 0 Å². The molecule has 11 heteroatoms. The van der Waals surface area contributed by atoms with E-state index < -0.39 is 0 Å². The average Bonchev–Trinajstić information content (AvgIpc) is 3.47. The van der Waals surface area contributed by atoms with Crippen LogP contribution in [0, 0.1) is 6.92 Å². The number of nitrogens with one attached hydrogen (secondary N) is 3. The van der Waals surface area contributed by atoms with Gasteiger partial charge in [-0.1, -0.05) is 17.7 Å². The lowest BCUT2D eigenvalue weighted by molar-refractivity contribution is 0.188. The molecule has 0 aliphatic carbocycles. The lowest BCUT2D eigenvalue weighted by Crippen LogP contribution is -2.47. The molecule has 0 unspecified atom stereocenters. The van der Waals surface area contributed by atoms with Gasteiger partial charge in [-0.2, -0.15) is 15.1 Å². The van der Waals surface area contributed by atoms with Gasteiger partial charge in [-0.25, -0.2) is 0 Å². The monoisotopic (exact) mass is 508 g/mol. The van der Waals surface area contributed by atoms with Crippen molar-refractivity contribution in [1.29, 1.82) is 0 Å². The first-order valence-electron chi connectivity index (χ1n) is 11.9. The fourth-order valence-electron chi connectivity index (χ4n) is 4.29. The van der Waals surface area contributed by atoms with Crippen LogP contribution in [0.15, 0.2) is 36.4 Å². The Morgan fingerprint density at radius 1 is 1.14 bits per heavy atom. The van der Waals surface area contributed by atoms with Gasteiger partial charge in [0.1, 0.15) is 17.4 Å². The number of piperazine rings is 1. The van der Waals surface area contributed by atoms with Gasteiger partial charge in [0.2, 0.25) is 0 Å². The Labute approximate surface area is 214 Å². The summed E-state index contributed by atoms with van der Waals surface area (Å²) in [5.41, 5.74) is 2.84. The van der Waals surface area contributed by atoms with E-state index in [9.17, 15) is 5.11 Å². The molecular weight excluding hydrogens is 480 g/mol. The lowest BCUT2D eigenvalue weighted by atomic mass is 10.2. The van der Waals surface area contributed by atoms with Gasteiger partial charge in [0.05, 0.1) is 17.3 Å². The van der Waals surface area contributed by atoms with Crippen molar-refractivity contribution in [1.82, 2.24) is 30.0 Å². The third-order valence-corrected chi connectivity index (χ3v) is 6.43. The molecule has 0 radical (unpaired) electrons. The number of rotatable bonds is 8. The topological polar surface area (TPSA) is 118 Å². The highest BCUT2D eigenvalue weighted by Crippen LogP contribution is 2.36. The minimum Gasteiger partial charge on any atom is -0.423 e. The Morgan fingerprint density at radius 2 is 1.97 bits per heavy atom. The fraction of sp³-hybridized carbons (Fsp3) is 0.320. The van der Waals surface area contributed by atoms with Crippen molar-refractivity contribution in [2.45, 2.75) is 13.8 Å². The highest BCUT2D eigenvalue weighted by Gasteiger charge is 2.20. The number of aromatic amines is 2. The van der Waals surface area contributed by atoms with Gasteiger partial charge >= 0.3 is 6.01 Å². The molecule has 1 aliphatic heterocycles. The standard InChI is InChI=1S/C25H29ClN8O2/c1-3-4-17-14-22(32-31-17)28-21-15-23(34-9-7-33(8-10-34)11-12-35)30-25(29-21)36-20-6-5-19-18(24(20)26)13-16(2)27-19/h3-6,13-15,27,35H,7-12H2,1-2H3,(H2,28,29,30,31,32)/b4-3-. The maximum Gasteiger partial charge on any atom is 0.325 e. The molecule has 3 aromatic heterocycles. The Balaban J connectivity index is 1.45. The number of aromatic nitrogens is 5. The first-order chi connectivity index (χ1) is 17.5. The Morgan fingerprint density at radius 3 is 2.75 bits per heavy atom. The van der Waals surface area contributed by atoms with Gasteiger partial charge in [0.25, 0.3) is 0 Å². The molecule has 4 heterocycles. The van der Waals surface area contributed by atoms with Crippen molar-refractivity contribution in [3.8, 4) is 11.8 Å². The number of nitrogens with zero attached hydrogens (tertiary/aromatic N) is 5. The number of hydrogen-bond donors (Lipinski definition) is 4. The number of halogens is 1. The largest absolute Gasteiger partial charge is 0.423 e. The summed E-state index contributed by atoms with van der Waals surface area (Å²) in [6.45, 7) is 7.99. The van der Waals surface area contributed by atoms with Gasteiger partial charge < -0.3 is 25.0 Å². The van der Waals surface area contributed by atoms with E-state index in [1.165, 1.54) is 0 Å². The maximum atomic E-state index is 9.25. The van der Waals surface area contributed by atoms with E-state index in [-0.39, 0.29) is 12.6 Å². The molecule has 5 rings (SSSR count). The molecule has 0 amide bonds. The van der Waals surface area contributed by atoms with Crippen LogP contribution >= 0.6 is 11.6 Å². The van der Waals surface area contributed by atoms with Crippen molar-refractivity contribution in [3.05, 3.63) is 52.8 Å². The number of anilines is 3. The summed E-state index contributed by atoms with van der Waals surface area (Å²) in [5, 5.41) is 21.2. The molecule has 4 N–H and O–H groups in total. The summed E-state index contributed by atoms with van der Waals surface area (Å²) in [4.78, 5) is 17.0. The summed E-state index contributed by atoms with van der Waals surface area (Å²) in [5.74, 6) is 2.41. The average molecular weight is 509 g/mol. The molecule has 188 valence electrons. The normalized spacial score (nSPS) is 14.7. The number of ether oxygens (including phenoxy) is 1. The Kier molecular flexibility index (Phi) is 7.08. The second-order valence-electron chi connectivity index (χ2n) is 8.67. The Hall–Kier alpha value is -3.60. The first-order valence-corrected chi connectivity index (χ1v) is 12.3. The van der Waals surface area contributed by atoms with E-state index >= 15 is 0 Å². The number of allylic oxidation sites excluding steroid dienone is 1. The van der Waals surface area contributed by atoms with Gasteiger partial charge in [0.15, 0.2) is 5.82 Å². The van der Waals surface area contributed by atoms with Crippen LogP contribution in [-0.4, -0.2) is 74.5 Å². The smallest absolute Gasteiger partial charge is 0.325 e. The molecule has 0 saturated carbocycles. The van der Waals surface area contributed by atoms with Crippen molar-refractivity contribution in [2.75, 3.05) is 49.5 Å². The third-order valence-electron chi connectivity index (χ3n) is 6.04. The quantitative estimate of drug-likeness (QED) is 0.278. The number of aliphatic hydroxyl groups is 1. The molecular formula is C25H29ClN8O2.